The van der Waals surface area contributed by atoms with Crippen LogP contribution in [0.4, 0.5) is 0 Å². The number of imidazole rings is 1. The summed E-state index contributed by atoms with van der Waals surface area (Å²) >= 11 is 0. The van der Waals surface area contributed by atoms with Crippen LogP contribution in [0.2, 0.25) is 0 Å². The molecule has 1 amide bonds. The zero-order valence-electron chi connectivity index (χ0n) is 16.8. The summed E-state index contributed by atoms with van der Waals surface area (Å²) in [6.45, 7) is 6.04. The number of para-hydroxylation sites is 1. The number of carbonyl (C=O) groups is 1. The number of allylic oxidation sites excluding steroid dienone is 3. The molecule has 3 unspecified atom stereocenters. The standard InChI is InChI=1S/C23H23N5O.H2/c1-14(16-7-8-19(18-9-17(16)18)23(2,3)12-25)27-21(29)11-28-13-26-20-6-4-5-15(10-24)22(20)28;/h4-8,13-14,17-18H,9,11H2,1-3H3,(H,27,29);1H. The highest BCUT2D eigenvalue weighted by molar-refractivity contribution is 5.84. The lowest BCUT2D eigenvalue weighted by molar-refractivity contribution is -0.122. The van der Waals surface area contributed by atoms with Gasteiger partial charge in [-0.15, -0.1) is 0 Å². The number of fused-ring (bicyclic) bond motifs is 2. The lowest BCUT2D eigenvalue weighted by Gasteiger charge is -2.25. The van der Waals surface area contributed by atoms with E-state index in [0.717, 1.165) is 6.42 Å². The van der Waals surface area contributed by atoms with Gasteiger partial charge >= 0.3 is 0 Å². The van der Waals surface area contributed by atoms with E-state index in [1.165, 1.54) is 11.1 Å². The fourth-order valence-electron chi connectivity index (χ4n) is 4.40. The number of hydrogen-bond acceptors (Lipinski definition) is 4. The fraction of sp³-hybridized carbons (Fsp3) is 0.391. The Morgan fingerprint density at radius 3 is 2.90 bits per heavy atom. The van der Waals surface area contributed by atoms with E-state index in [0.29, 0.717) is 28.4 Å². The van der Waals surface area contributed by atoms with E-state index in [2.05, 4.69) is 34.6 Å². The van der Waals surface area contributed by atoms with Crippen molar-refractivity contribution in [2.45, 2.75) is 39.8 Å². The van der Waals surface area contributed by atoms with E-state index in [9.17, 15) is 15.3 Å². The number of nitrogens with zero attached hydrogens (tertiary/aromatic N) is 4. The van der Waals surface area contributed by atoms with Crippen molar-refractivity contribution in [2.24, 2.45) is 17.3 Å². The molecule has 0 radical (unpaired) electrons. The minimum atomic E-state index is -0.450. The molecule has 4 rings (SSSR count). The molecule has 1 fully saturated rings. The summed E-state index contributed by atoms with van der Waals surface area (Å²) in [5.74, 6) is 0.715. The van der Waals surface area contributed by atoms with Crippen molar-refractivity contribution in [1.29, 1.82) is 10.5 Å². The Kier molecular flexibility index (Phi) is 4.51. The molecular formula is C23H25N5O. The Hall–Kier alpha value is -3.38. The highest BCUT2D eigenvalue weighted by Crippen LogP contribution is 2.56. The molecule has 6 nitrogen and oxygen atoms in total. The van der Waals surface area contributed by atoms with Gasteiger partial charge in [0.15, 0.2) is 0 Å². The molecule has 1 N–H and O–H groups in total. The van der Waals surface area contributed by atoms with Gasteiger partial charge < -0.3 is 9.88 Å². The minimum Gasteiger partial charge on any atom is -0.348 e. The average Bonchev–Trinajstić information content (AvgIpc) is 3.41. The molecular weight excluding hydrogens is 362 g/mol. The van der Waals surface area contributed by atoms with Gasteiger partial charge in [0.2, 0.25) is 5.91 Å². The Morgan fingerprint density at radius 1 is 1.38 bits per heavy atom. The lowest BCUT2D eigenvalue weighted by atomic mass is 9.79. The zero-order valence-corrected chi connectivity index (χ0v) is 16.8. The first kappa shape index (κ1) is 19.0. The van der Waals surface area contributed by atoms with Gasteiger partial charge in [0, 0.05) is 7.47 Å². The van der Waals surface area contributed by atoms with Crippen molar-refractivity contribution in [2.75, 3.05) is 0 Å². The normalized spacial score (nSPS) is 21.3. The maximum atomic E-state index is 12.7. The zero-order chi connectivity index (χ0) is 20.8. The van der Waals surface area contributed by atoms with Crippen LogP contribution in [0.1, 0.15) is 34.2 Å². The summed E-state index contributed by atoms with van der Waals surface area (Å²) in [6.07, 6.45) is 6.79. The molecule has 29 heavy (non-hydrogen) atoms. The van der Waals surface area contributed by atoms with Gasteiger partial charge in [-0.3, -0.25) is 4.79 Å². The van der Waals surface area contributed by atoms with Crippen molar-refractivity contribution in [3.05, 3.63) is 53.4 Å². The molecule has 148 valence electrons. The second kappa shape index (κ2) is 6.90. The van der Waals surface area contributed by atoms with Gasteiger partial charge in [-0.25, -0.2) is 4.98 Å². The third-order valence-electron chi connectivity index (χ3n) is 6.02. The van der Waals surface area contributed by atoms with E-state index in [4.69, 9.17) is 0 Å². The number of rotatable bonds is 5. The van der Waals surface area contributed by atoms with Gasteiger partial charge in [-0.2, -0.15) is 10.5 Å². The van der Waals surface area contributed by atoms with Crippen LogP contribution in [0.25, 0.3) is 11.0 Å². The SMILES string of the molecule is CC(NC(=O)Cn1cnc2cccc(C#N)c21)C1=CC=C(C(C)(C)C#N)C2CC12.[HH]. The van der Waals surface area contributed by atoms with Crippen LogP contribution in [0.3, 0.4) is 0 Å². The van der Waals surface area contributed by atoms with Crippen molar-refractivity contribution >= 4 is 16.9 Å². The van der Waals surface area contributed by atoms with Crippen LogP contribution < -0.4 is 5.32 Å². The Morgan fingerprint density at radius 2 is 2.17 bits per heavy atom. The Balaban J connectivity index is 0.00000256. The van der Waals surface area contributed by atoms with Crippen LogP contribution in [0.5, 0.6) is 0 Å². The summed E-state index contributed by atoms with van der Waals surface area (Å²) in [6, 6.07) is 9.83. The number of carbonyl (C=O) groups excluding carboxylic acids is 1. The maximum absolute atomic E-state index is 12.7. The third kappa shape index (κ3) is 3.32. The van der Waals surface area contributed by atoms with E-state index in [-0.39, 0.29) is 19.9 Å². The summed E-state index contributed by atoms with van der Waals surface area (Å²) in [5.41, 5.74) is 3.86. The van der Waals surface area contributed by atoms with Crippen molar-refractivity contribution < 1.29 is 6.22 Å². The van der Waals surface area contributed by atoms with Crippen molar-refractivity contribution in [3.8, 4) is 12.1 Å². The quantitative estimate of drug-likeness (QED) is 0.846. The van der Waals surface area contributed by atoms with Gasteiger partial charge in [-0.1, -0.05) is 18.2 Å². The number of nitriles is 2. The van der Waals surface area contributed by atoms with Crippen LogP contribution in [0.15, 0.2) is 47.8 Å². The highest BCUT2D eigenvalue weighted by Gasteiger charge is 2.49. The van der Waals surface area contributed by atoms with Crippen molar-refractivity contribution in [3.63, 3.8) is 0 Å². The minimum absolute atomic E-state index is 0. The lowest BCUT2D eigenvalue weighted by Crippen LogP contribution is -2.37. The molecule has 2 aliphatic rings. The third-order valence-corrected chi connectivity index (χ3v) is 6.02. The van der Waals surface area contributed by atoms with Gasteiger partial charge in [0.05, 0.1) is 34.4 Å². The molecule has 0 spiro atoms. The number of nitrogens with one attached hydrogen (secondary N) is 1. The first-order chi connectivity index (χ1) is 13.9. The monoisotopic (exact) mass is 387 g/mol. The molecule has 0 bridgehead atoms. The van der Waals surface area contributed by atoms with E-state index in [1.807, 2.05) is 26.8 Å². The second-order valence-electron chi connectivity index (χ2n) is 8.42. The number of hydrogen-bond donors (Lipinski definition) is 1. The topological polar surface area (TPSA) is 94.5 Å². The van der Waals surface area contributed by atoms with Crippen molar-refractivity contribution in [1.82, 2.24) is 14.9 Å². The largest absolute Gasteiger partial charge is 0.348 e. The maximum Gasteiger partial charge on any atom is 0.240 e. The van der Waals surface area contributed by atoms with Gasteiger partial charge in [0.25, 0.3) is 0 Å². The smallest absolute Gasteiger partial charge is 0.240 e. The highest BCUT2D eigenvalue weighted by atomic mass is 16.2. The molecule has 1 aromatic carbocycles. The van der Waals surface area contributed by atoms with E-state index in [1.54, 1.807) is 23.0 Å². The van der Waals surface area contributed by atoms with E-state index >= 15 is 0 Å². The van der Waals surface area contributed by atoms with Gasteiger partial charge in [-0.05, 0) is 62.3 Å². The predicted octanol–water partition coefficient (Wildman–Crippen LogP) is 3.71. The summed E-state index contributed by atoms with van der Waals surface area (Å²) in [7, 11) is 0. The van der Waals surface area contributed by atoms with Crippen LogP contribution in [-0.4, -0.2) is 21.5 Å². The predicted molar refractivity (Wildman–Crippen MR) is 111 cm³/mol. The molecule has 0 saturated heterocycles. The fourth-order valence-corrected chi connectivity index (χ4v) is 4.40. The Bertz CT molecular complexity index is 1140. The molecule has 2 aliphatic carbocycles. The van der Waals surface area contributed by atoms with Gasteiger partial charge in [0.1, 0.15) is 12.6 Å². The molecule has 1 aromatic heterocycles. The number of amides is 1. The molecule has 0 aliphatic heterocycles. The summed E-state index contributed by atoms with van der Waals surface area (Å²) in [4.78, 5) is 17.0. The van der Waals surface area contributed by atoms with Crippen LogP contribution in [0, 0.1) is 39.9 Å². The van der Waals surface area contributed by atoms with Crippen LogP contribution in [-0.2, 0) is 11.3 Å². The number of aromatic nitrogens is 2. The molecule has 2 aromatic rings. The van der Waals surface area contributed by atoms with Crippen LogP contribution >= 0.6 is 0 Å². The van der Waals surface area contributed by atoms with E-state index < -0.39 is 5.41 Å². The molecule has 1 heterocycles. The number of benzene rings is 1. The summed E-state index contributed by atoms with van der Waals surface area (Å²) < 4.78 is 1.72. The average molecular weight is 387 g/mol. The second-order valence-corrected chi connectivity index (χ2v) is 8.42. The summed E-state index contributed by atoms with van der Waals surface area (Å²) in [5, 5.41) is 21.8. The first-order valence-electron chi connectivity index (χ1n) is 9.82. The molecule has 1 saturated carbocycles. The molecule has 3 atom stereocenters. The molecule has 6 heteroatoms. The Labute approximate surface area is 171 Å². The first-order valence-corrected chi connectivity index (χ1v) is 9.82.